The molecule has 0 radical (unpaired) electrons. The molecule has 0 aromatic heterocycles. The summed E-state index contributed by atoms with van der Waals surface area (Å²) in [5, 5.41) is 11.7. The van der Waals surface area contributed by atoms with Gasteiger partial charge in [0.2, 0.25) is 6.41 Å². The van der Waals surface area contributed by atoms with Crippen LogP contribution in [0.3, 0.4) is 0 Å². The van der Waals surface area contributed by atoms with Crippen LogP contribution in [0, 0.1) is 17.1 Å². The van der Waals surface area contributed by atoms with Gasteiger partial charge in [0.1, 0.15) is 17.5 Å². The van der Waals surface area contributed by atoms with E-state index in [4.69, 9.17) is 5.26 Å². The zero-order chi connectivity index (χ0) is 15.9. The molecule has 1 aliphatic heterocycles. The minimum absolute atomic E-state index is 0.0381. The first-order valence-electron chi connectivity index (χ1n) is 6.74. The predicted molar refractivity (Wildman–Crippen MR) is 77.9 cm³/mol. The molecule has 1 fully saturated rings. The lowest BCUT2D eigenvalue weighted by atomic mass is 10.2. The van der Waals surface area contributed by atoms with E-state index in [0.29, 0.717) is 31.9 Å². The second-order valence-electron chi connectivity index (χ2n) is 4.79. The van der Waals surface area contributed by atoms with E-state index in [-0.39, 0.29) is 5.57 Å². The minimum atomic E-state index is -0.549. The fourth-order valence-corrected chi connectivity index (χ4v) is 2.02. The van der Waals surface area contributed by atoms with Crippen molar-refractivity contribution in [3.05, 3.63) is 41.9 Å². The predicted octanol–water partition coefficient (Wildman–Crippen LogP) is 0.946. The summed E-state index contributed by atoms with van der Waals surface area (Å²) >= 11 is 0. The Morgan fingerprint density at radius 1 is 1.18 bits per heavy atom. The van der Waals surface area contributed by atoms with E-state index >= 15 is 0 Å². The Labute approximate surface area is 127 Å². The summed E-state index contributed by atoms with van der Waals surface area (Å²) < 4.78 is 12.8. The average molecular weight is 302 g/mol. The van der Waals surface area contributed by atoms with Gasteiger partial charge < -0.3 is 15.1 Å². The van der Waals surface area contributed by atoms with Crippen molar-refractivity contribution in [3.8, 4) is 6.07 Å². The van der Waals surface area contributed by atoms with Gasteiger partial charge in [0, 0.05) is 38.1 Å². The van der Waals surface area contributed by atoms with Gasteiger partial charge in [-0.05, 0) is 24.3 Å². The van der Waals surface area contributed by atoms with Gasteiger partial charge in [-0.2, -0.15) is 5.26 Å². The maximum Gasteiger partial charge on any atom is 0.267 e. The van der Waals surface area contributed by atoms with Crippen LogP contribution in [0.25, 0.3) is 0 Å². The molecule has 22 heavy (non-hydrogen) atoms. The number of nitrogens with one attached hydrogen (secondary N) is 1. The molecule has 0 bridgehead atoms. The second kappa shape index (κ2) is 7.22. The Hall–Kier alpha value is -2.88. The van der Waals surface area contributed by atoms with E-state index in [0.717, 1.165) is 6.41 Å². The molecule has 2 rings (SSSR count). The van der Waals surface area contributed by atoms with Crippen LogP contribution < -0.4 is 5.32 Å². The van der Waals surface area contributed by atoms with Crippen LogP contribution in [0.5, 0.6) is 0 Å². The number of hydrogen-bond donors (Lipinski definition) is 1. The number of nitriles is 1. The first kappa shape index (κ1) is 15.5. The highest BCUT2D eigenvalue weighted by Gasteiger charge is 2.16. The molecule has 0 saturated carbocycles. The summed E-state index contributed by atoms with van der Waals surface area (Å²) in [7, 11) is 0. The van der Waals surface area contributed by atoms with Crippen molar-refractivity contribution in [2.24, 2.45) is 0 Å². The average Bonchev–Trinajstić information content (AvgIpc) is 2.55. The highest BCUT2D eigenvalue weighted by molar-refractivity contribution is 6.06. The Morgan fingerprint density at radius 3 is 2.32 bits per heavy atom. The van der Waals surface area contributed by atoms with Gasteiger partial charge >= 0.3 is 0 Å². The van der Waals surface area contributed by atoms with Gasteiger partial charge in [0.15, 0.2) is 0 Å². The van der Waals surface area contributed by atoms with Crippen molar-refractivity contribution in [1.29, 1.82) is 5.26 Å². The number of anilines is 1. The molecule has 2 amide bonds. The molecule has 6 nitrogen and oxygen atoms in total. The van der Waals surface area contributed by atoms with Crippen molar-refractivity contribution in [1.82, 2.24) is 9.80 Å². The lowest BCUT2D eigenvalue weighted by Crippen LogP contribution is -2.43. The van der Waals surface area contributed by atoms with Crippen molar-refractivity contribution >= 4 is 18.0 Å². The van der Waals surface area contributed by atoms with Crippen LogP contribution in [-0.4, -0.2) is 48.3 Å². The number of amides is 2. The lowest BCUT2D eigenvalue weighted by molar-refractivity contribution is -0.119. The second-order valence-corrected chi connectivity index (χ2v) is 4.79. The van der Waals surface area contributed by atoms with Gasteiger partial charge in [-0.3, -0.25) is 9.59 Å². The quantitative estimate of drug-likeness (QED) is 0.510. The molecule has 1 heterocycles. The number of piperazine rings is 1. The van der Waals surface area contributed by atoms with Crippen LogP contribution in [0.4, 0.5) is 10.1 Å². The summed E-state index contributed by atoms with van der Waals surface area (Å²) in [5.41, 5.74) is 0.377. The Balaban J connectivity index is 2.00. The molecule has 0 spiro atoms. The first-order chi connectivity index (χ1) is 10.6. The smallest absolute Gasteiger partial charge is 0.267 e. The minimum Gasteiger partial charge on any atom is -0.373 e. The number of hydrogen-bond acceptors (Lipinski definition) is 4. The van der Waals surface area contributed by atoms with Gasteiger partial charge in [-0.1, -0.05) is 0 Å². The van der Waals surface area contributed by atoms with Crippen LogP contribution >= 0.6 is 0 Å². The van der Waals surface area contributed by atoms with Crippen molar-refractivity contribution in [2.45, 2.75) is 0 Å². The molecule has 0 aliphatic carbocycles. The first-order valence-corrected chi connectivity index (χ1v) is 6.74. The molecule has 1 aliphatic rings. The van der Waals surface area contributed by atoms with E-state index in [1.54, 1.807) is 4.90 Å². The number of carbonyl (C=O) groups is 2. The highest BCUT2D eigenvalue weighted by atomic mass is 19.1. The summed E-state index contributed by atoms with van der Waals surface area (Å²) in [6, 6.07) is 7.15. The third kappa shape index (κ3) is 4.06. The summed E-state index contributed by atoms with van der Waals surface area (Å²) in [5.74, 6) is -0.950. The standard InChI is InChI=1S/C15H15FN4O2/c16-13-1-3-14(4-2-13)18-15(22)12(9-17)10-19-5-7-20(11-21)8-6-19/h1-4,10-11H,5-8H2,(H,18,22)/b12-10-. The Kier molecular flexibility index (Phi) is 5.09. The normalized spacial score (nSPS) is 15.2. The van der Waals surface area contributed by atoms with E-state index in [1.165, 1.54) is 30.5 Å². The molecule has 1 N–H and O–H groups in total. The molecule has 7 heteroatoms. The molecule has 1 aromatic rings. The third-order valence-corrected chi connectivity index (χ3v) is 3.28. The van der Waals surface area contributed by atoms with Gasteiger partial charge in [0.05, 0.1) is 0 Å². The fourth-order valence-electron chi connectivity index (χ4n) is 2.02. The van der Waals surface area contributed by atoms with E-state index < -0.39 is 11.7 Å². The van der Waals surface area contributed by atoms with Crippen LogP contribution in [0.2, 0.25) is 0 Å². The van der Waals surface area contributed by atoms with E-state index in [2.05, 4.69) is 5.32 Å². The maximum absolute atomic E-state index is 12.8. The Morgan fingerprint density at radius 2 is 1.77 bits per heavy atom. The molecular weight excluding hydrogens is 287 g/mol. The number of halogens is 1. The SMILES string of the molecule is N#C/C(=C/N1CCN(C=O)CC1)C(=O)Nc1ccc(F)cc1. The molecule has 1 saturated heterocycles. The monoisotopic (exact) mass is 302 g/mol. The fraction of sp³-hybridized carbons (Fsp3) is 0.267. The molecule has 0 atom stereocenters. The van der Waals surface area contributed by atoms with Crippen molar-refractivity contribution in [3.63, 3.8) is 0 Å². The number of benzene rings is 1. The largest absolute Gasteiger partial charge is 0.373 e. The Bertz CT molecular complexity index is 613. The molecule has 1 aromatic carbocycles. The van der Waals surface area contributed by atoms with Crippen LogP contribution in [0.15, 0.2) is 36.0 Å². The topological polar surface area (TPSA) is 76.4 Å². The number of nitrogens with zero attached hydrogens (tertiary/aromatic N) is 3. The third-order valence-electron chi connectivity index (χ3n) is 3.28. The molecule has 0 unspecified atom stereocenters. The van der Waals surface area contributed by atoms with Gasteiger partial charge in [-0.25, -0.2) is 4.39 Å². The molecule has 114 valence electrons. The van der Waals surface area contributed by atoms with E-state index in [1.807, 2.05) is 11.0 Å². The summed E-state index contributed by atoms with van der Waals surface area (Å²) in [4.78, 5) is 26.1. The zero-order valence-corrected chi connectivity index (χ0v) is 11.8. The summed E-state index contributed by atoms with van der Waals surface area (Å²) in [6.07, 6.45) is 2.27. The number of carbonyl (C=O) groups excluding carboxylic acids is 2. The lowest BCUT2D eigenvalue weighted by Gasteiger charge is -2.31. The number of rotatable bonds is 4. The van der Waals surface area contributed by atoms with Crippen LogP contribution in [0.1, 0.15) is 0 Å². The van der Waals surface area contributed by atoms with Gasteiger partial charge in [0.25, 0.3) is 5.91 Å². The highest BCUT2D eigenvalue weighted by Crippen LogP contribution is 2.11. The maximum atomic E-state index is 12.8. The van der Waals surface area contributed by atoms with Crippen LogP contribution in [-0.2, 0) is 9.59 Å². The van der Waals surface area contributed by atoms with E-state index in [9.17, 15) is 14.0 Å². The van der Waals surface area contributed by atoms with Crippen molar-refractivity contribution in [2.75, 3.05) is 31.5 Å². The van der Waals surface area contributed by atoms with Crippen molar-refractivity contribution < 1.29 is 14.0 Å². The zero-order valence-electron chi connectivity index (χ0n) is 11.8. The molecular formula is C15H15FN4O2. The summed E-state index contributed by atoms with van der Waals surface area (Å²) in [6.45, 7) is 2.23. The van der Waals surface area contributed by atoms with Gasteiger partial charge in [-0.15, -0.1) is 0 Å².